The minimum absolute atomic E-state index is 0.378. The number of hydrogen-bond acceptors (Lipinski definition) is 4. The maximum absolute atomic E-state index is 10.7. The van der Waals surface area contributed by atoms with E-state index in [1.807, 2.05) is 0 Å². The highest BCUT2D eigenvalue weighted by molar-refractivity contribution is 4.91. The van der Waals surface area contributed by atoms with Crippen molar-refractivity contribution in [3.8, 4) is 0 Å². The van der Waals surface area contributed by atoms with Gasteiger partial charge in [-0.25, -0.2) is 0 Å². The number of nitrogens with one attached hydrogen (secondary N) is 1. The zero-order valence-electron chi connectivity index (χ0n) is 14.2. The Morgan fingerprint density at radius 3 is 2.57 bits per heavy atom. The molecule has 4 heteroatoms. The molecule has 2 N–H and O–H groups in total. The van der Waals surface area contributed by atoms with E-state index in [9.17, 15) is 5.11 Å². The summed E-state index contributed by atoms with van der Waals surface area (Å²) in [4.78, 5) is 2.36. The highest BCUT2D eigenvalue weighted by Crippen LogP contribution is 2.39. The van der Waals surface area contributed by atoms with Crippen LogP contribution in [0.1, 0.15) is 45.4 Å². The molecule has 1 saturated carbocycles. The van der Waals surface area contributed by atoms with Gasteiger partial charge in [0.25, 0.3) is 0 Å². The van der Waals surface area contributed by atoms with E-state index in [-0.39, 0.29) is 0 Å². The zero-order chi connectivity index (χ0) is 15.3. The first-order valence-electron chi connectivity index (χ1n) is 8.60. The Labute approximate surface area is 130 Å². The monoisotopic (exact) mass is 298 g/mol. The Hall–Kier alpha value is -0.160. The fourth-order valence-electron chi connectivity index (χ4n) is 4.54. The van der Waals surface area contributed by atoms with Gasteiger partial charge in [-0.15, -0.1) is 0 Å². The molecule has 1 aliphatic carbocycles. The van der Waals surface area contributed by atoms with Crippen LogP contribution in [0.5, 0.6) is 0 Å². The number of hydrogen-bond donors (Lipinski definition) is 2. The van der Waals surface area contributed by atoms with E-state index in [0.717, 1.165) is 38.4 Å². The maximum atomic E-state index is 10.7. The summed E-state index contributed by atoms with van der Waals surface area (Å²) in [6.45, 7) is 6.72. The molecule has 1 aliphatic heterocycles. The summed E-state index contributed by atoms with van der Waals surface area (Å²) in [5, 5.41) is 14.1. The van der Waals surface area contributed by atoms with Crippen LogP contribution in [0, 0.1) is 11.3 Å². The summed E-state index contributed by atoms with van der Waals surface area (Å²) in [6, 6.07) is 0. The van der Waals surface area contributed by atoms with Crippen LogP contribution in [-0.4, -0.2) is 62.6 Å². The summed E-state index contributed by atoms with van der Waals surface area (Å²) in [5.74, 6) is 0.826. The Kier molecular flexibility index (Phi) is 6.06. The van der Waals surface area contributed by atoms with Gasteiger partial charge in [-0.2, -0.15) is 0 Å². The van der Waals surface area contributed by atoms with Gasteiger partial charge in [0.2, 0.25) is 0 Å². The van der Waals surface area contributed by atoms with Crippen molar-refractivity contribution < 1.29 is 9.84 Å². The lowest BCUT2D eigenvalue weighted by molar-refractivity contribution is -0.0818. The average Bonchev–Trinajstić information content (AvgIpc) is 2.38. The molecule has 0 aromatic heterocycles. The van der Waals surface area contributed by atoms with Gasteiger partial charge < -0.3 is 20.1 Å². The second-order valence-electron chi connectivity index (χ2n) is 7.74. The molecular weight excluding hydrogens is 264 g/mol. The fraction of sp³-hybridized carbons (Fsp3) is 1.00. The Bertz CT molecular complexity index is 314. The van der Waals surface area contributed by atoms with Crippen molar-refractivity contribution in [1.29, 1.82) is 0 Å². The standard InChI is InChI=1S/C17H34N2O2/c1-15-5-4-6-16(11-15,12-18-2)13-19(3)14-17(20)7-9-21-10-8-17/h15,18,20H,4-14H2,1-3H3. The lowest BCUT2D eigenvalue weighted by Gasteiger charge is -2.44. The molecule has 2 unspecified atom stereocenters. The third kappa shape index (κ3) is 4.92. The first-order chi connectivity index (χ1) is 9.97. The molecule has 0 aromatic carbocycles. The minimum atomic E-state index is -0.548. The molecular formula is C17H34N2O2. The van der Waals surface area contributed by atoms with Crippen LogP contribution in [0.2, 0.25) is 0 Å². The van der Waals surface area contributed by atoms with Crippen LogP contribution in [0.15, 0.2) is 0 Å². The molecule has 1 heterocycles. The molecule has 2 aliphatic rings. The summed E-state index contributed by atoms with van der Waals surface area (Å²) in [7, 11) is 4.23. The van der Waals surface area contributed by atoms with Crippen LogP contribution in [0.4, 0.5) is 0 Å². The normalized spacial score (nSPS) is 33.3. The van der Waals surface area contributed by atoms with Crippen molar-refractivity contribution in [2.24, 2.45) is 11.3 Å². The van der Waals surface area contributed by atoms with Crippen molar-refractivity contribution in [2.45, 2.75) is 51.0 Å². The summed E-state index contributed by atoms with van der Waals surface area (Å²) in [5.41, 5.74) is -0.170. The second-order valence-corrected chi connectivity index (χ2v) is 7.74. The first kappa shape index (κ1) is 17.2. The summed E-state index contributed by atoms with van der Waals surface area (Å²) < 4.78 is 5.38. The van der Waals surface area contributed by atoms with Gasteiger partial charge >= 0.3 is 0 Å². The number of aliphatic hydroxyl groups is 1. The third-order valence-electron chi connectivity index (χ3n) is 5.33. The van der Waals surface area contributed by atoms with Gasteiger partial charge in [-0.3, -0.25) is 0 Å². The van der Waals surface area contributed by atoms with Crippen molar-refractivity contribution in [1.82, 2.24) is 10.2 Å². The van der Waals surface area contributed by atoms with Gasteiger partial charge in [0.1, 0.15) is 0 Å². The van der Waals surface area contributed by atoms with Crippen LogP contribution in [-0.2, 0) is 4.74 Å². The highest BCUT2D eigenvalue weighted by Gasteiger charge is 2.37. The van der Waals surface area contributed by atoms with Crippen molar-refractivity contribution >= 4 is 0 Å². The van der Waals surface area contributed by atoms with Crippen molar-refractivity contribution in [3.63, 3.8) is 0 Å². The maximum Gasteiger partial charge on any atom is 0.0817 e. The van der Waals surface area contributed by atoms with Crippen molar-refractivity contribution in [3.05, 3.63) is 0 Å². The van der Waals surface area contributed by atoms with Crippen LogP contribution in [0.25, 0.3) is 0 Å². The van der Waals surface area contributed by atoms with Crippen LogP contribution in [0.3, 0.4) is 0 Å². The highest BCUT2D eigenvalue weighted by atomic mass is 16.5. The number of likely N-dealkylation sites (N-methyl/N-ethyl adjacent to an activating group) is 1. The predicted molar refractivity (Wildman–Crippen MR) is 86.5 cm³/mol. The average molecular weight is 298 g/mol. The predicted octanol–water partition coefficient (Wildman–Crippen LogP) is 1.88. The molecule has 4 nitrogen and oxygen atoms in total. The van der Waals surface area contributed by atoms with E-state index >= 15 is 0 Å². The van der Waals surface area contributed by atoms with E-state index in [1.54, 1.807) is 0 Å². The molecule has 124 valence electrons. The van der Waals surface area contributed by atoms with Gasteiger partial charge in [0.15, 0.2) is 0 Å². The molecule has 0 amide bonds. The smallest absolute Gasteiger partial charge is 0.0817 e. The Balaban J connectivity index is 1.92. The molecule has 2 rings (SSSR count). The SMILES string of the molecule is CNCC1(CN(C)CC2(O)CCOCC2)CCCC(C)C1. The Morgan fingerprint density at radius 1 is 1.24 bits per heavy atom. The number of rotatable bonds is 6. The molecule has 0 aromatic rings. The van der Waals surface area contributed by atoms with E-state index in [0.29, 0.717) is 18.6 Å². The lowest BCUT2D eigenvalue weighted by Crippen LogP contribution is -2.51. The molecule has 0 spiro atoms. The van der Waals surface area contributed by atoms with Crippen molar-refractivity contribution in [2.75, 3.05) is 46.9 Å². The van der Waals surface area contributed by atoms with Gasteiger partial charge in [-0.05, 0) is 38.3 Å². The van der Waals surface area contributed by atoms with E-state index in [1.165, 1.54) is 25.7 Å². The Morgan fingerprint density at radius 2 is 1.95 bits per heavy atom. The van der Waals surface area contributed by atoms with E-state index in [4.69, 9.17) is 4.74 Å². The topological polar surface area (TPSA) is 44.7 Å². The number of ether oxygens (including phenoxy) is 1. The second kappa shape index (κ2) is 7.40. The van der Waals surface area contributed by atoms with E-state index in [2.05, 4.69) is 31.2 Å². The third-order valence-corrected chi connectivity index (χ3v) is 5.33. The van der Waals surface area contributed by atoms with Crippen LogP contribution >= 0.6 is 0 Å². The molecule has 0 radical (unpaired) electrons. The number of nitrogens with zero attached hydrogens (tertiary/aromatic N) is 1. The fourth-order valence-corrected chi connectivity index (χ4v) is 4.54. The molecule has 21 heavy (non-hydrogen) atoms. The zero-order valence-corrected chi connectivity index (χ0v) is 14.2. The molecule has 2 fully saturated rings. The molecule has 1 saturated heterocycles. The largest absolute Gasteiger partial charge is 0.388 e. The first-order valence-corrected chi connectivity index (χ1v) is 8.60. The van der Waals surface area contributed by atoms with Gasteiger partial charge in [0.05, 0.1) is 5.60 Å². The molecule has 0 bridgehead atoms. The van der Waals surface area contributed by atoms with E-state index < -0.39 is 5.60 Å². The van der Waals surface area contributed by atoms with Gasteiger partial charge in [0, 0.05) is 45.7 Å². The molecule has 2 atom stereocenters. The quantitative estimate of drug-likeness (QED) is 0.786. The lowest BCUT2D eigenvalue weighted by atomic mass is 9.69. The summed E-state index contributed by atoms with van der Waals surface area (Å²) in [6.07, 6.45) is 6.87. The van der Waals surface area contributed by atoms with Crippen LogP contribution < -0.4 is 5.32 Å². The summed E-state index contributed by atoms with van der Waals surface area (Å²) >= 11 is 0. The minimum Gasteiger partial charge on any atom is -0.388 e. The van der Waals surface area contributed by atoms with Gasteiger partial charge in [-0.1, -0.05) is 19.8 Å².